The minimum absolute atomic E-state index is 0.0277. The maximum absolute atomic E-state index is 13.0. The van der Waals surface area contributed by atoms with E-state index >= 15 is 0 Å². The summed E-state index contributed by atoms with van der Waals surface area (Å²) in [5, 5.41) is 7.94. The van der Waals surface area contributed by atoms with Crippen LogP contribution in [0.25, 0.3) is 11.3 Å². The molecule has 0 amide bonds. The molecular formula is C34H44BiN3O4S2. The van der Waals surface area contributed by atoms with Crippen LogP contribution in [0, 0.1) is 5.92 Å². The number of hydrogen-bond donors (Lipinski definition) is 0. The first kappa shape index (κ1) is 34.5. The number of sulfone groups is 2. The third-order valence-electron chi connectivity index (χ3n) is 7.72. The maximum atomic E-state index is 13.0. The van der Waals surface area contributed by atoms with E-state index in [2.05, 4.69) is 95.2 Å². The Labute approximate surface area is 271 Å². The summed E-state index contributed by atoms with van der Waals surface area (Å²) in [5.74, 6) is -0.294. The zero-order chi connectivity index (χ0) is 31.6. The molecule has 0 saturated heterocycles. The second kappa shape index (κ2) is 16.2. The number of nitrogens with zero attached hydrogens (tertiary/aromatic N) is 3. The van der Waals surface area contributed by atoms with Crippen LogP contribution in [0.4, 0.5) is 0 Å². The summed E-state index contributed by atoms with van der Waals surface area (Å²) < 4.78 is 55.9. The van der Waals surface area contributed by atoms with Crippen LogP contribution < -0.4 is 9.81 Å². The van der Waals surface area contributed by atoms with Gasteiger partial charge in [-0.25, -0.2) is 16.8 Å². The van der Waals surface area contributed by atoms with Crippen molar-refractivity contribution in [1.82, 2.24) is 15.0 Å². The molecule has 236 valence electrons. The van der Waals surface area contributed by atoms with E-state index in [0.717, 1.165) is 43.2 Å². The summed E-state index contributed by atoms with van der Waals surface area (Å²) in [6.07, 6.45) is 7.52. The van der Waals surface area contributed by atoms with Gasteiger partial charge in [0.1, 0.15) is 9.84 Å². The molecule has 44 heavy (non-hydrogen) atoms. The van der Waals surface area contributed by atoms with E-state index < -0.39 is 46.7 Å². The number of benzene rings is 3. The molecule has 0 spiro atoms. The van der Waals surface area contributed by atoms with E-state index in [1.807, 2.05) is 24.7 Å². The van der Waals surface area contributed by atoms with Crippen molar-refractivity contribution >= 4 is 51.2 Å². The number of unbranched alkanes of at least 4 members (excludes halogenated alkanes) is 2. The molecular weight excluding hydrogens is 788 g/mol. The summed E-state index contributed by atoms with van der Waals surface area (Å²) in [6.45, 7) is 4.63. The second-order valence-electron chi connectivity index (χ2n) is 11.7. The fourth-order valence-corrected chi connectivity index (χ4v) is 18.5. The van der Waals surface area contributed by atoms with Gasteiger partial charge in [0.05, 0.1) is 16.8 Å². The van der Waals surface area contributed by atoms with Crippen LogP contribution in [0.1, 0.15) is 52.4 Å². The van der Waals surface area contributed by atoms with Crippen molar-refractivity contribution in [3.63, 3.8) is 0 Å². The van der Waals surface area contributed by atoms with Crippen LogP contribution in [0.15, 0.2) is 91.1 Å². The Balaban J connectivity index is 1.31. The Morgan fingerprint density at radius 1 is 0.750 bits per heavy atom. The number of aryl methyl sites for hydroxylation is 1. The second-order valence-corrected chi connectivity index (χ2v) is 24.8. The van der Waals surface area contributed by atoms with Crippen molar-refractivity contribution in [2.45, 2.75) is 64.2 Å². The van der Waals surface area contributed by atoms with E-state index in [0.29, 0.717) is 19.4 Å². The van der Waals surface area contributed by atoms with Gasteiger partial charge in [-0.1, -0.05) is 26.7 Å². The summed E-state index contributed by atoms with van der Waals surface area (Å²) >= 11 is -2.39. The Morgan fingerprint density at radius 2 is 1.34 bits per heavy atom. The zero-order valence-electron chi connectivity index (χ0n) is 25.9. The van der Waals surface area contributed by atoms with E-state index in [-0.39, 0.29) is 17.4 Å². The molecule has 0 aliphatic carbocycles. The summed E-state index contributed by atoms with van der Waals surface area (Å²) in [5.41, 5.74) is 1.88. The van der Waals surface area contributed by atoms with Gasteiger partial charge in [0.15, 0.2) is 9.84 Å². The molecule has 2 unspecified atom stereocenters. The third-order valence-corrected chi connectivity index (χ3v) is 20.9. The number of hydrogen-bond acceptors (Lipinski definition) is 6. The average Bonchev–Trinajstić information content (AvgIpc) is 3.47. The summed E-state index contributed by atoms with van der Waals surface area (Å²) in [4.78, 5) is 0. The molecule has 0 bridgehead atoms. The Kier molecular flexibility index (Phi) is 12.7. The van der Waals surface area contributed by atoms with Gasteiger partial charge in [0.2, 0.25) is 0 Å². The van der Waals surface area contributed by atoms with Gasteiger partial charge in [-0.3, -0.25) is 0 Å². The molecule has 1 heterocycles. The van der Waals surface area contributed by atoms with Crippen LogP contribution in [0.3, 0.4) is 0 Å². The molecule has 0 aliphatic heterocycles. The van der Waals surface area contributed by atoms with Crippen LogP contribution in [-0.2, 0) is 26.2 Å². The number of aromatic nitrogens is 3. The van der Waals surface area contributed by atoms with Gasteiger partial charge in [-0.2, -0.15) is 0 Å². The molecule has 7 nitrogen and oxygen atoms in total. The van der Waals surface area contributed by atoms with Crippen molar-refractivity contribution < 1.29 is 16.8 Å². The first-order valence-corrected chi connectivity index (χ1v) is 24.3. The Morgan fingerprint density at radius 3 is 1.91 bits per heavy atom. The van der Waals surface area contributed by atoms with Crippen LogP contribution in [-0.4, -0.2) is 76.6 Å². The first-order chi connectivity index (χ1) is 21.1. The number of rotatable bonds is 17. The monoisotopic (exact) mass is 831 g/mol. The van der Waals surface area contributed by atoms with Gasteiger partial charge in [0, 0.05) is 6.26 Å². The van der Waals surface area contributed by atoms with E-state index in [9.17, 15) is 16.8 Å². The average molecular weight is 832 g/mol. The fourth-order valence-electron chi connectivity index (χ4n) is 5.44. The predicted molar refractivity (Wildman–Crippen MR) is 183 cm³/mol. The molecule has 0 radical (unpaired) electrons. The van der Waals surface area contributed by atoms with Crippen molar-refractivity contribution in [2.24, 2.45) is 5.92 Å². The van der Waals surface area contributed by atoms with Crippen LogP contribution in [0.2, 0.25) is 0 Å². The summed E-state index contributed by atoms with van der Waals surface area (Å²) in [7, 11) is -6.85. The third kappa shape index (κ3) is 10.3. The molecule has 10 heteroatoms. The van der Waals surface area contributed by atoms with Gasteiger partial charge in [0.25, 0.3) is 0 Å². The van der Waals surface area contributed by atoms with Crippen molar-refractivity contribution in [2.75, 3.05) is 17.8 Å². The first-order valence-electron chi connectivity index (χ1n) is 15.4. The van der Waals surface area contributed by atoms with Crippen molar-refractivity contribution in [3.05, 3.63) is 91.1 Å². The van der Waals surface area contributed by atoms with Gasteiger partial charge >= 0.3 is 181 Å². The fraction of sp³-hybridized carbons (Fsp3) is 0.412. The minimum atomic E-state index is -3.49. The SMILES string of the molecule is CCCCC(CS(C)(=O)=O)S(=O)(=O)CC(C)CCCCn1cc(-c2cc[c]([Bi]([c]3ccccc3)[c]3ccccc3)cc2)nn1. The Bertz CT molecular complexity index is 1620. The van der Waals surface area contributed by atoms with Crippen LogP contribution in [0.5, 0.6) is 0 Å². The molecule has 2 atom stereocenters. The zero-order valence-corrected chi connectivity index (χ0v) is 31.0. The van der Waals surface area contributed by atoms with Crippen molar-refractivity contribution in [1.29, 1.82) is 0 Å². The van der Waals surface area contributed by atoms with Gasteiger partial charge in [-0.05, 0) is 6.42 Å². The quantitative estimate of drug-likeness (QED) is 0.117. The summed E-state index contributed by atoms with van der Waals surface area (Å²) in [6, 6.07) is 30.5. The molecule has 0 fully saturated rings. The van der Waals surface area contributed by atoms with E-state index in [4.69, 9.17) is 0 Å². The molecule has 3 aromatic carbocycles. The molecule has 1 aromatic heterocycles. The molecule has 4 aromatic rings. The normalized spacial score (nSPS) is 13.6. The molecule has 4 rings (SSSR count). The molecule has 0 N–H and O–H groups in total. The molecule has 0 aliphatic rings. The van der Waals surface area contributed by atoms with E-state index in [1.54, 1.807) is 0 Å². The van der Waals surface area contributed by atoms with Crippen molar-refractivity contribution in [3.8, 4) is 11.3 Å². The van der Waals surface area contributed by atoms with Gasteiger partial charge in [-0.15, -0.1) is 0 Å². The Hall–Kier alpha value is -2.42. The van der Waals surface area contributed by atoms with Crippen LogP contribution >= 0.6 is 0 Å². The van der Waals surface area contributed by atoms with Gasteiger partial charge < -0.3 is 0 Å². The standard InChI is InChI=1S/C22H34N3O4S2.2C6H5.Bi/c1-4-5-14-21(18-30(3,26)27)31(28,29)17-19(2)11-9-10-15-25-16-22(23-24-25)20-12-7-6-8-13-20;2*1-2-4-6-5-3-1;/h7-8,12-13,16,19,21H,4-5,9-11,14-15,17-18H2,1-3H3;2*1-5H;. The van der Waals surface area contributed by atoms with E-state index in [1.165, 1.54) is 9.81 Å². The molecule has 0 saturated carbocycles. The topological polar surface area (TPSA) is 99.0 Å². The predicted octanol–water partition coefficient (Wildman–Crippen LogP) is 4.29.